The lowest BCUT2D eigenvalue weighted by molar-refractivity contribution is 0.0119. The molecule has 8 heteroatoms. The van der Waals surface area contributed by atoms with Crippen LogP contribution in [0.5, 0.6) is 0 Å². The Morgan fingerprint density at radius 2 is 2.29 bits per heavy atom. The Kier molecular flexibility index (Phi) is 4.88. The molecule has 0 aliphatic rings. The van der Waals surface area contributed by atoms with Gasteiger partial charge in [-0.1, -0.05) is 17.8 Å². The van der Waals surface area contributed by atoms with Crippen LogP contribution in [-0.4, -0.2) is 34.5 Å². The fourth-order valence-electron chi connectivity index (χ4n) is 1.14. The highest BCUT2D eigenvalue weighted by molar-refractivity contribution is 7.08. The van der Waals surface area contributed by atoms with E-state index in [2.05, 4.69) is 14.9 Å². The highest BCUT2D eigenvalue weighted by atomic mass is 32.1. The Morgan fingerprint density at radius 1 is 1.59 bits per heavy atom. The van der Waals surface area contributed by atoms with Crippen molar-refractivity contribution in [1.82, 2.24) is 14.9 Å². The van der Waals surface area contributed by atoms with E-state index in [1.165, 1.54) is 0 Å². The van der Waals surface area contributed by atoms with Crippen molar-refractivity contribution in [3.05, 3.63) is 10.6 Å². The van der Waals surface area contributed by atoms with Gasteiger partial charge in [0.05, 0.1) is 18.8 Å². The third-order valence-corrected chi connectivity index (χ3v) is 2.82. The monoisotopic (exact) mass is 264 g/mol. The van der Waals surface area contributed by atoms with Crippen LogP contribution >= 0.6 is 11.5 Å². The normalized spacial score (nSPS) is 11.5. The van der Waals surface area contributed by atoms with Crippen LogP contribution in [0.3, 0.4) is 0 Å². The van der Waals surface area contributed by atoms with E-state index in [1.807, 2.05) is 6.92 Å². The average molecular weight is 264 g/mol. The van der Waals surface area contributed by atoms with Crippen LogP contribution < -0.4 is 11.1 Å². The van der Waals surface area contributed by atoms with E-state index in [0.29, 0.717) is 17.0 Å². The van der Waals surface area contributed by atoms with Crippen molar-refractivity contribution in [2.75, 3.05) is 13.1 Å². The number of carbonyl (C=O) groups is 1. The number of amides is 1. The number of aryl methyl sites for hydroxylation is 1. The molecule has 0 aromatic carbocycles. The van der Waals surface area contributed by atoms with Gasteiger partial charge in [0, 0.05) is 0 Å². The van der Waals surface area contributed by atoms with Crippen molar-refractivity contribution >= 4 is 17.4 Å². The Morgan fingerprint density at radius 3 is 2.88 bits per heavy atom. The maximum atomic E-state index is 12.8. The summed E-state index contributed by atoms with van der Waals surface area (Å²) < 4.78 is 29.3. The molecule has 0 unspecified atom stereocenters. The van der Waals surface area contributed by atoms with Gasteiger partial charge in [-0.05, 0) is 18.0 Å². The summed E-state index contributed by atoms with van der Waals surface area (Å²) in [6, 6.07) is 0. The molecular formula is C9H14F2N4OS. The van der Waals surface area contributed by atoms with E-state index in [9.17, 15) is 13.6 Å². The smallest absolute Gasteiger partial charge is 0.277 e. The predicted molar refractivity (Wildman–Crippen MR) is 60.2 cm³/mol. The molecule has 0 spiro atoms. The molecule has 1 rings (SSSR count). The van der Waals surface area contributed by atoms with Crippen molar-refractivity contribution < 1.29 is 13.6 Å². The molecule has 3 N–H and O–H groups in total. The first-order valence-electron chi connectivity index (χ1n) is 5.17. The van der Waals surface area contributed by atoms with Crippen molar-refractivity contribution in [1.29, 1.82) is 0 Å². The van der Waals surface area contributed by atoms with Gasteiger partial charge in [-0.25, -0.2) is 8.78 Å². The molecule has 0 aliphatic heterocycles. The van der Waals surface area contributed by atoms with Crippen LogP contribution in [0.2, 0.25) is 0 Å². The maximum Gasteiger partial charge on any atom is 0.277 e. The number of nitrogens with one attached hydrogen (secondary N) is 1. The zero-order chi connectivity index (χ0) is 12.9. The zero-order valence-corrected chi connectivity index (χ0v) is 10.2. The molecule has 1 heterocycles. The second-order valence-corrected chi connectivity index (χ2v) is 4.30. The van der Waals surface area contributed by atoms with Gasteiger partial charge in [0.1, 0.15) is 4.88 Å². The van der Waals surface area contributed by atoms with Crippen LogP contribution in [0.15, 0.2) is 0 Å². The number of halogens is 2. The van der Waals surface area contributed by atoms with E-state index >= 15 is 0 Å². The molecule has 0 atom stereocenters. The Labute approximate surface area is 102 Å². The zero-order valence-electron chi connectivity index (χ0n) is 9.37. The lowest BCUT2D eigenvalue weighted by Crippen LogP contribution is -2.41. The molecule has 1 aromatic heterocycles. The molecule has 0 radical (unpaired) electrons. The molecule has 0 saturated heterocycles. The third kappa shape index (κ3) is 3.97. The summed E-state index contributed by atoms with van der Waals surface area (Å²) in [4.78, 5) is 11.9. The van der Waals surface area contributed by atoms with Gasteiger partial charge in [-0.3, -0.25) is 4.79 Å². The van der Waals surface area contributed by atoms with E-state index in [0.717, 1.165) is 18.0 Å². The number of nitrogens with zero attached hydrogens (tertiary/aromatic N) is 2. The van der Waals surface area contributed by atoms with E-state index in [4.69, 9.17) is 5.73 Å². The van der Waals surface area contributed by atoms with E-state index in [1.54, 1.807) is 0 Å². The van der Waals surface area contributed by atoms with Crippen LogP contribution in [0.4, 0.5) is 8.78 Å². The van der Waals surface area contributed by atoms with Crippen LogP contribution in [0, 0.1) is 0 Å². The molecule has 0 aliphatic carbocycles. The fourth-order valence-corrected chi connectivity index (χ4v) is 1.77. The molecule has 1 amide bonds. The lowest BCUT2D eigenvalue weighted by atomic mass is 10.2. The summed E-state index contributed by atoms with van der Waals surface area (Å²) in [5.41, 5.74) is 5.41. The quantitative estimate of drug-likeness (QED) is 0.797. The molecule has 0 saturated carbocycles. The van der Waals surface area contributed by atoms with Crippen molar-refractivity contribution in [3.8, 4) is 0 Å². The van der Waals surface area contributed by atoms with Crippen molar-refractivity contribution in [2.45, 2.75) is 25.7 Å². The largest absolute Gasteiger partial charge is 0.345 e. The van der Waals surface area contributed by atoms with Crippen molar-refractivity contribution in [3.63, 3.8) is 0 Å². The number of nitrogens with two attached hydrogens (primary N) is 1. The average Bonchev–Trinajstić information content (AvgIpc) is 2.75. The van der Waals surface area contributed by atoms with Gasteiger partial charge in [0.15, 0.2) is 0 Å². The van der Waals surface area contributed by atoms with Crippen LogP contribution in [0.1, 0.15) is 28.7 Å². The number of rotatable bonds is 6. The van der Waals surface area contributed by atoms with Gasteiger partial charge >= 0.3 is 0 Å². The second kappa shape index (κ2) is 5.97. The minimum absolute atomic E-state index is 0.291. The number of aromatic nitrogens is 2. The van der Waals surface area contributed by atoms with Crippen molar-refractivity contribution in [2.24, 2.45) is 5.73 Å². The minimum atomic E-state index is -3.08. The highest BCUT2D eigenvalue weighted by Gasteiger charge is 2.28. The standard InChI is InChI=1S/C9H14F2N4OS/c1-2-3-6-7(17-15-14-6)8(16)13-5-9(10,11)4-12/h2-5,12H2,1H3,(H,13,16). The van der Waals surface area contributed by atoms with Gasteiger partial charge in [0.25, 0.3) is 11.8 Å². The van der Waals surface area contributed by atoms with Gasteiger partial charge in [0.2, 0.25) is 0 Å². The van der Waals surface area contributed by atoms with Crippen LogP contribution in [-0.2, 0) is 6.42 Å². The Hall–Kier alpha value is -1.15. The third-order valence-electron chi connectivity index (χ3n) is 2.05. The number of hydrogen-bond acceptors (Lipinski definition) is 5. The number of carbonyl (C=O) groups excluding carboxylic acids is 1. The predicted octanol–water partition coefficient (Wildman–Crippen LogP) is 0.814. The van der Waals surface area contributed by atoms with Gasteiger partial charge < -0.3 is 11.1 Å². The van der Waals surface area contributed by atoms with E-state index < -0.39 is 24.9 Å². The summed E-state index contributed by atoms with van der Waals surface area (Å²) in [5.74, 6) is -3.66. The highest BCUT2D eigenvalue weighted by Crippen LogP contribution is 2.14. The topological polar surface area (TPSA) is 80.9 Å². The first-order chi connectivity index (χ1) is 8.00. The van der Waals surface area contributed by atoms with Crippen LogP contribution in [0.25, 0.3) is 0 Å². The molecule has 0 bridgehead atoms. The fraction of sp³-hybridized carbons (Fsp3) is 0.667. The molecule has 17 heavy (non-hydrogen) atoms. The maximum absolute atomic E-state index is 12.8. The molecule has 5 nitrogen and oxygen atoms in total. The summed E-state index contributed by atoms with van der Waals surface area (Å²) >= 11 is 0.906. The summed E-state index contributed by atoms with van der Waals surface area (Å²) in [7, 11) is 0. The van der Waals surface area contributed by atoms with E-state index in [-0.39, 0.29) is 0 Å². The Bertz CT molecular complexity index is 383. The molecule has 1 aromatic rings. The molecular weight excluding hydrogens is 250 g/mol. The first-order valence-corrected chi connectivity index (χ1v) is 5.95. The summed E-state index contributed by atoms with van der Waals surface area (Å²) in [5, 5.41) is 5.92. The second-order valence-electron chi connectivity index (χ2n) is 3.54. The Balaban J connectivity index is 2.61. The summed E-state index contributed by atoms with van der Waals surface area (Å²) in [6.45, 7) is 0.367. The first kappa shape index (κ1) is 13.9. The lowest BCUT2D eigenvalue weighted by Gasteiger charge is -2.13. The molecule has 0 fully saturated rings. The number of hydrogen-bond donors (Lipinski definition) is 2. The number of alkyl halides is 2. The van der Waals surface area contributed by atoms with Gasteiger partial charge in [-0.2, -0.15) is 0 Å². The molecule has 96 valence electrons. The SMILES string of the molecule is CCCc1nnsc1C(=O)NCC(F)(F)CN. The van der Waals surface area contributed by atoms with Gasteiger partial charge in [-0.15, -0.1) is 5.10 Å². The minimum Gasteiger partial charge on any atom is -0.345 e. The summed E-state index contributed by atoms with van der Waals surface area (Å²) in [6.07, 6.45) is 1.41.